The Balaban J connectivity index is 1.46. The standard InChI is InChI=1S/C22H28N8/c1-14-7-15-3-4-16(18-10-25-28(2)11-18)8-17(15)12-30(14)21-9-20(26-22(24)27-21)29-6-5-19(23)13-29/h3-4,8-11,14,19H,5-7,12-13,23H2,1-2H3,(H2,24,26,27)/t14?,19-/m1/s1. The van der Waals surface area contributed by atoms with Gasteiger partial charge in [0.15, 0.2) is 0 Å². The topological polar surface area (TPSA) is 102 Å². The van der Waals surface area contributed by atoms with E-state index in [2.05, 4.69) is 56.1 Å². The highest BCUT2D eigenvalue weighted by atomic mass is 15.3. The Labute approximate surface area is 176 Å². The predicted octanol–water partition coefficient (Wildman–Crippen LogP) is 1.95. The van der Waals surface area contributed by atoms with E-state index in [1.807, 2.05) is 24.1 Å². The summed E-state index contributed by atoms with van der Waals surface area (Å²) in [6.07, 6.45) is 5.90. The molecule has 1 fully saturated rings. The molecular formula is C22H28N8. The van der Waals surface area contributed by atoms with Crippen LogP contribution in [0.25, 0.3) is 11.1 Å². The van der Waals surface area contributed by atoms with Gasteiger partial charge in [-0.05, 0) is 42.5 Å². The number of fused-ring (bicyclic) bond motifs is 1. The van der Waals surface area contributed by atoms with Gasteiger partial charge in [0.05, 0.1) is 6.20 Å². The van der Waals surface area contributed by atoms with Crippen molar-refractivity contribution in [2.45, 2.75) is 38.4 Å². The summed E-state index contributed by atoms with van der Waals surface area (Å²) in [6.45, 7) is 4.74. The van der Waals surface area contributed by atoms with Crippen LogP contribution in [0.1, 0.15) is 24.5 Å². The van der Waals surface area contributed by atoms with Crippen molar-refractivity contribution in [3.63, 3.8) is 0 Å². The fourth-order valence-electron chi connectivity index (χ4n) is 4.54. The highest BCUT2D eigenvalue weighted by Gasteiger charge is 2.27. The lowest BCUT2D eigenvalue weighted by Gasteiger charge is -2.36. The van der Waals surface area contributed by atoms with Crippen LogP contribution in [0.15, 0.2) is 36.7 Å². The highest BCUT2D eigenvalue weighted by Crippen LogP contribution is 2.32. The maximum atomic E-state index is 6.09. The number of aryl methyl sites for hydroxylation is 1. The molecule has 0 aliphatic carbocycles. The molecule has 1 unspecified atom stereocenters. The first kappa shape index (κ1) is 18.9. The molecule has 2 aromatic heterocycles. The minimum Gasteiger partial charge on any atom is -0.368 e. The summed E-state index contributed by atoms with van der Waals surface area (Å²) >= 11 is 0. The molecule has 0 bridgehead atoms. The smallest absolute Gasteiger partial charge is 0.223 e. The first-order valence-corrected chi connectivity index (χ1v) is 10.5. The normalized spacial score (nSPS) is 21.2. The Kier molecular flexibility index (Phi) is 4.58. The van der Waals surface area contributed by atoms with Crippen LogP contribution in [0.2, 0.25) is 0 Å². The van der Waals surface area contributed by atoms with E-state index in [1.54, 1.807) is 0 Å². The summed E-state index contributed by atoms with van der Waals surface area (Å²) in [5, 5.41) is 4.30. The minimum atomic E-state index is 0.191. The van der Waals surface area contributed by atoms with E-state index in [-0.39, 0.29) is 6.04 Å². The van der Waals surface area contributed by atoms with Crippen molar-refractivity contribution >= 4 is 17.6 Å². The number of nitrogens with two attached hydrogens (primary N) is 2. The maximum absolute atomic E-state index is 6.09. The summed E-state index contributed by atoms with van der Waals surface area (Å²) in [5.74, 6) is 2.06. The van der Waals surface area contributed by atoms with Crippen LogP contribution in [0.4, 0.5) is 17.6 Å². The second kappa shape index (κ2) is 7.28. The molecule has 0 amide bonds. The third-order valence-electron chi connectivity index (χ3n) is 6.19. The molecule has 2 atom stereocenters. The molecule has 8 nitrogen and oxygen atoms in total. The van der Waals surface area contributed by atoms with Crippen LogP contribution in [0.3, 0.4) is 0 Å². The molecular weight excluding hydrogens is 376 g/mol. The Hall–Kier alpha value is -3.13. The zero-order valence-electron chi connectivity index (χ0n) is 17.5. The van der Waals surface area contributed by atoms with Crippen molar-refractivity contribution in [3.05, 3.63) is 47.8 Å². The number of nitrogens with zero attached hydrogens (tertiary/aromatic N) is 6. The SMILES string of the molecule is CC1Cc2ccc(-c3cnn(C)c3)cc2CN1c1cc(N2CC[C@@H](N)C2)nc(N)n1. The third-order valence-corrected chi connectivity index (χ3v) is 6.19. The first-order valence-electron chi connectivity index (χ1n) is 10.5. The summed E-state index contributed by atoms with van der Waals surface area (Å²) in [6, 6.07) is 9.28. The van der Waals surface area contributed by atoms with Crippen LogP contribution in [0.5, 0.6) is 0 Å². The monoisotopic (exact) mass is 404 g/mol. The molecule has 2 aliphatic rings. The Morgan fingerprint density at radius 3 is 2.63 bits per heavy atom. The summed E-state index contributed by atoms with van der Waals surface area (Å²) in [5.41, 5.74) is 17.2. The number of hydrogen-bond acceptors (Lipinski definition) is 7. The van der Waals surface area contributed by atoms with Gasteiger partial charge < -0.3 is 21.3 Å². The fraction of sp³-hybridized carbons (Fsp3) is 0.409. The van der Waals surface area contributed by atoms with Gasteiger partial charge in [-0.15, -0.1) is 0 Å². The Morgan fingerprint density at radius 2 is 1.90 bits per heavy atom. The molecule has 0 radical (unpaired) electrons. The fourth-order valence-corrected chi connectivity index (χ4v) is 4.54. The van der Waals surface area contributed by atoms with Crippen LogP contribution in [-0.4, -0.2) is 44.9 Å². The summed E-state index contributed by atoms with van der Waals surface area (Å²) in [4.78, 5) is 13.6. The van der Waals surface area contributed by atoms with Crippen molar-refractivity contribution in [1.29, 1.82) is 0 Å². The predicted molar refractivity (Wildman–Crippen MR) is 119 cm³/mol. The zero-order chi connectivity index (χ0) is 20.8. The van der Waals surface area contributed by atoms with Crippen LogP contribution in [-0.2, 0) is 20.0 Å². The minimum absolute atomic E-state index is 0.191. The first-order chi connectivity index (χ1) is 14.5. The van der Waals surface area contributed by atoms with Crippen molar-refractivity contribution in [2.75, 3.05) is 28.6 Å². The highest BCUT2D eigenvalue weighted by molar-refractivity contribution is 5.65. The van der Waals surface area contributed by atoms with Gasteiger partial charge in [-0.3, -0.25) is 4.68 Å². The lowest BCUT2D eigenvalue weighted by atomic mass is 9.92. The van der Waals surface area contributed by atoms with Gasteiger partial charge in [-0.1, -0.05) is 12.1 Å². The van der Waals surface area contributed by atoms with E-state index >= 15 is 0 Å². The number of aromatic nitrogens is 4. The lowest BCUT2D eigenvalue weighted by molar-refractivity contribution is 0.587. The Morgan fingerprint density at radius 1 is 1.07 bits per heavy atom. The molecule has 4 N–H and O–H groups in total. The Bertz CT molecular complexity index is 1070. The van der Waals surface area contributed by atoms with Gasteiger partial charge in [-0.2, -0.15) is 15.1 Å². The van der Waals surface area contributed by atoms with Crippen molar-refractivity contribution in [1.82, 2.24) is 19.7 Å². The van der Waals surface area contributed by atoms with Crippen molar-refractivity contribution in [3.8, 4) is 11.1 Å². The number of anilines is 3. The number of rotatable bonds is 3. The van der Waals surface area contributed by atoms with Gasteiger partial charge >= 0.3 is 0 Å². The van der Waals surface area contributed by atoms with Gasteiger partial charge in [-0.25, -0.2) is 0 Å². The third kappa shape index (κ3) is 3.47. The number of nitrogen functional groups attached to an aromatic ring is 1. The molecule has 8 heteroatoms. The molecule has 1 saturated heterocycles. The van der Waals surface area contributed by atoms with E-state index in [9.17, 15) is 0 Å². The largest absolute Gasteiger partial charge is 0.368 e. The van der Waals surface area contributed by atoms with E-state index in [0.717, 1.165) is 49.7 Å². The van der Waals surface area contributed by atoms with E-state index in [4.69, 9.17) is 11.5 Å². The molecule has 2 aliphatic heterocycles. The van der Waals surface area contributed by atoms with Crippen LogP contribution in [0, 0.1) is 0 Å². The number of hydrogen-bond donors (Lipinski definition) is 2. The van der Waals surface area contributed by atoms with Crippen molar-refractivity contribution in [2.24, 2.45) is 12.8 Å². The number of benzene rings is 1. The zero-order valence-corrected chi connectivity index (χ0v) is 17.5. The quantitative estimate of drug-likeness (QED) is 0.688. The molecule has 4 heterocycles. The molecule has 156 valence electrons. The molecule has 0 spiro atoms. The molecule has 1 aromatic carbocycles. The average Bonchev–Trinajstić information content (AvgIpc) is 3.35. The maximum Gasteiger partial charge on any atom is 0.223 e. The van der Waals surface area contributed by atoms with Crippen LogP contribution < -0.4 is 21.3 Å². The van der Waals surface area contributed by atoms with Gasteiger partial charge in [0.2, 0.25) is 5.95 Å². The summed E-state index contributed by atoms with van der Waals surface area (Å²) < 4.78 is 1.83. The van der Waals surface area contributed by atoms with E-state index in [0.29, 0.717) is 12.0 Å². The van der Waals surface area contributed by atoms with E-state index < -0.39 is 0 Å². The van der Waals surface area contributed by atoms with Crippen LogP contribution >= 0.6 is 0 Å². The molecule has 5 rings (SSSR count). The second-order valence-electron chi connectivity index (χ2n) is 8.50. The summed E-state index contributed by atoms with van der Waals surface area (Å²) in [7, 11) is 1.94. The van der Waals surface area contributed by atoms with Gasteiger partial charge in [0.1, 0.15) is 11.6 Å². The molecule has 3 aromatic rings. The van der Waals surface area contributed by atoms with Gasteiger partial charge in [0, 0.05) is 56.6 Å². The lowest BCUT2D eigenvalue weighted by Crippen LogP contribution is -2.39. The van der Waals surface area contributed by atoms with Crippen molar-refractivity contribution < 1.29 is 0 Å². The van der Waals surface area contributed by atoms with E-state index in [1.165, 1.54) is 16.7 Å². The molecule has 30 heavy (non-hydrogen) atoms. The average molecular weight is 405 g/mol. The molecule has 0 saturated carbocycles. The van der Waals surface area contributed by atoms with Gasteiger partial charge in [0.25, 0.3) is 0 Å². The second-order valence-corrected chi connectivity index (χ2v) is 8.50.